The molecule has 21 heavy (non-hydrogen) atoms. The molecular formula is C13H12ClN3O2S2. The third-order valence-corrected chi connectivity index (χ3v) is 6.53. The molecule has 3 rings (SSSR count). The van der Waals surface area contributed by atoms with Crippen molar-refractivity contribution >= 4 is 44.0 Å². The van der Waals surface area contributed by atoms with E-state index in [0.717, 1.165) is 32.8 Å². The van der Waals surface area contributed by atoms with Crippen molar-refractivity contribution < 1.29 is 8.42 Å². The Morgan fingerprint density at radius 2 is 2.24 bits per heavy atom. The molecule has 0 spiro atoms. The average molecular weight is 342 g/mol. The molecule has 3 aromatic rings. The second kappa shape index (κ2) is 5.42. The number of hydrogen-bond donors (Lipinski definition) is 2. The lowest BCUT2D eigenvalue weighted by Gasteiger charge is -2.05. The van der Waals surface area contributed by atoms with Crippen LogP contribution in [0.15, 0.2) is 34.8 Å². The van der Waals surface area contributed by atoms with Gasteiger partial charge in [0, 0.05) is 29.2 Å². The highest BCUT2D eigenvalue weighted by atomic mass is 35.5. The van der Waals surface area contributed by atoms with Crippen LogP contribution in [-0.2, 0) is 16.6 Å². The lowest BCUT2D eigenvalue weighted by molar-refractivity contribution is 0.583. The van der Waals surface area contributed by atoms with Gasteiger partial charge in [-0.3, -0.25) is 0 Å². The zero-order chi connectivity index (χ0) is 15.0. The van der Waals surface area contributed by atoms with Gasteiger partial charge in [0.25, 0.3) is 0 Å². The minimum absolute atomic E-state index is 0.202. The molecule has 0 aliphatic heterocycles. The van der Waals surface area contributed by atoms with Crippen LogP contribution >= 0.6 is 22.9 Å². The molecule has 0 bridgehead atoms. The van der Waals surface area contributed by atoms with E-state index in [1.54, 1.807) is 25.4 Å². The summed E-state index contributed by atoms with van der Waals surface area (Å²) in [6, 6.07) is 5.14. The van der Waals surface area contributed by atoms with Gasteiger partial charge in [-0.1, -0.05) is 11.6 Å². The van der Waals surface area contributed by atoms with Gasteiger partial charge in [-0.25, -0.2) is 18.1 Å². The first-order valence-corrected chi connectivity index (χ1v) is 8.82. The van der Waals surface area contributed by atoms with Crippen LogP contribution in [0.2, 0.25) is 5.02 Å². The Labute approximate surface area is 131 Å². The van der Waals surface area contributed by atoms with Gasteiger partial charge < -0.3 is 4.98 Å². The third kappa shape index (κ3) is 2.82. The van der Waals surface area contributed by atoms with Crippen molar-refractivity contribution in [2.24, 2.45) is 0 Å². The van der Waals surface area contributed by atoms with Crippen LogP contribution in [-0.4, -0.2) is 18.4 Å². The summed E-state index contributed by atoms with van der Waals surface area (Å²) in [5, 5.41) is 1.37. The fourth-order valence-corrected chi connectivity index (χ4v) is 4.72. The lowest BCUT2D eigenvalue weighted by atomic mass is 10.2. The molecule has 0 fully saturated rings. The Hall–Kier alpha value is -1.41. The van der Waals surface area contributed by atoms with Gasteiger partial charge in [0.05, 0.1) is 5.02 Å². The average Bonchev–Trinajstić information content (AvgIpc) is 3.04. The Morgan fingerprint density at radius 1 is 1.43 bits per heavy atom. The number of H-pyrrole nitrogens is 1. The van der Waals surface area contributed by atoms with Crippen LogP contribution in [0, 0.1) is 6.92 Å². The van der Waals surface area contributed by atoms with E-state index < -0.39 is 10.0 Å². The number of aromatic amines is 1. The fourth-order valence-electron chi connectivity index (χ4n) is 1.98. The number of aryl methyl sites for hydroxylation is 1. The molecular weight excluding hydrogens is 330 g/mol. The first-order chi connectivity index (χ1) is 9.97. The number of nitrogens with zero attached hydrogens (tertiary/aromatic N) is 1. The van der Waals surface area contributed by atoms with Crippen molar-refractivity contribution in [3.63, 3.8) is 0 Å². The molecule has 0 atom stereocenters. The molecule has 0 saturated carbocycles. The summed E-state index contributed by atoms with van der Waals surface area (Å²) in [5.74, 6) is 0. The number of sulfonamides is 1. The maximum absolute atomic E-state index is 12.3. The molecule has 0 radical (unpaired) electrons. The molecule has 8 heteroatoms. The quantitative estimate of drug-likeness (QED) is 0.765. The van der Waals surface area contributed by atoms with E-state index in [1.165, 1.54) is 6.07 Å². The fraction of sp³-hybridized carbons (Fsp3) is 0.154. The molecule has 3 heterocycles. The molecule has 0 aliphatic carbocycles. The summed E-state index contributed by atoms with van der Waals surface area (Å²) in [7, 11) is -3.56. The topological polar surface area (TPSA) is 74.8 Å². The van der Waals surface area contributed by atoms with Crippen molar-refractivity contribution in [1.82, 2.24) is 14.7 Å². The van der Waals surface area contributed by atoms with Crippen LogP contribution in [0.5, 0.6) is 0 Å². The Morgan fingerprint density at radius 3 is 2.95 bits per heavy atom. The predicted molar refractivity (Wildman–Crippen MR) is 84.2 cm³/mol. The molecule has 2 N–H and O–H groups in total. The SMILES string of the molecule is Cc1sc(S(=O)(=O)NCc2ccnc3[nH]ccc23)cc1Cl. The molecule has 5 nitrogen and oxygen atoms in total. The highest BCUT2D eigenvalue weighted by molar-refractivity contribution is 7.91. The molecule has 0 aromatic carbocycles. The van der Waals surface area contributed by atoms with Gasteiger partial charge in [-0.05, 0) is 30.7 Å². The number of nitrogens with one attached hydrogen (secondary N) is 2. The van der Waals surface area contributed by atoms with E-state index in [1.807, 2.05) is 6.07 Å². The largest absolute Gasteiger partial charge is 0.346 e. The van der Waals surface area contributed by atoms with Crippen molar-refractivity contribution in [1.29, 1.82) is 0 Å². The summed E-state index contributed by atoms with van der Waals surface area (Å²) in [5.41, 5.74) is 1.60. The van der Waals surface area contributed by atoms with Crippen LogP contribution in [0.4, 0.5) is 0 Å². The van der Waals surface area contributed by atoms with Gasteiger partial charge in [0.15, 0.2) is 0 Å². The second-order valence-electron chi connectivity index (χ2n) is 4.50. The monoisotopic (exact) mass is 341 g/mol. The van der Waals surface area contributed by atoms with Crippen LogP contribution in [0.1, 0.15) is 10.4 Å². The van der Waals surface area contributed by atoms with Gasteiger partial charge in [0.2, 0.25) is 10.0 Å². The number of halogens is 1. The second-order valence-corrected chi connectivity index (χ2v) is 8.16. The first-order valence-electron chi connectivity index (χ1n) is 6.14. The van der Waals surface area contributed by atoms with Crippen molar-refractivity contribution in [2.45, 2.75) is 17.7 Å². The first kappa shape index (κ1) is 14.5. The van der Waals surface area contributed by atoms with Crippen molar-refractivity contribution in [3.05, 3.63) is 46.1 Å². The summed E-state index contributed by atoms with van der Waals surface area (Å²) in [6.45, 7) is 1.99. The number of fused-ring (bicyclic) bond motifs is 1. The number of rotatable bonds is 4. The molecule has 0 aliphatic rings. The molecule has 0 unspecified atom stereocenters. The lowest BCUT2D eigenvalue weighted by Crippen LogP contribution is -2.22. The van der Waals surface area contributed by atoms with Gasteiger partial charge >= 0.3 is 0 Å². The highest BCUT2D eigenvalue weighted by Crippen LogP contribution is 2.29. The van der Waals surface area contributed by atoms with Gasteiger partial charge in [-0.2, -0.15) is 0 Å². The molecule has 110 valence electrons. The Kier molecular flexibility index (Phi) is 3.75. The summed E-state index contributed by atoms with van der Waals surface area (Å²) < 4.78 is 27.3. The van der Waals surface area contributed by atoms with Crippen molar-refractivity contribution in [2.75, 3.05) is 0 Å². The van der Waals surface area contributed by atoms with E-state index in [2.05, 4.69) is 14.7 Å². The van der Waals surface area contributed by atoms with E-state index in [-0.39, 0.29) is 10.8 Å². The van der Waals surface area contributed by atoms with E-state index in [0.29, 0.717) is 5.02 Å². The number of thiophene rings is 1. The molecule has 0 amide bonds. The molecule has 3 aromatic heterocycles. The number of pyridine rings is 1. The predicted octanol–water partition coefficient (Wildman–Crippen LogP) is 3.06. The number of hydrogen-bond acceptors (Lipinski definition) is 4. The molecule has 0 saturated heterocycles. The maximum Gasteiger partial charge on any atom is 0.250 e. The Bertz CT molecular complexity index is 880. The van der Waals surface area contributed by atoms with Gasteiger partial charge in [-0.15, -0.1) is 11.3 Å². The van der Waals surface area contributed by atoms with Crippen molar-refractivity contribution in [3.8, 4) is 0 Å². The van der Waals surface area contributed by atoms with Crippen LogP contribution in [0.3, 0.4) is 0 Å². The minimum Gasteiger partial charge on any atom is -0.346 e. The summed E-state index contributed by atoms with van der Waals surface area (Å²) in [4.78, 5) is 7.95. The maximum atomic E-state index is 12.3. The van der Waals surface area contributed by atoms with Crippen LogP contribution < -0.4 is 4.72 Å². The normalized spacial score (nSPS) is 12.1. The van der Waals surface area contributed by atoms with E-state index in [9.17, 15) is 8.42 Å². The Balaban J connectivity index is 1.85. The zero-order valence-corrected chi connectivity index (χ0v) is 13.4. The zero-order valence-electron chi connectivity index (χ0n) is 11.1. The highest BCUT2D eigenvalue weighted by Gasteiger charge is 2.18. The third-order valence-electron chi connectivity index (χ3n) is 3.10. The minimum atomic E-state index is -3.56. The summed E-state index contributed by atoms with van der Waals surface area (Å²) in [6.07, 6.45) is 3.42. The van der Waals surface area contributed by atoms with Crippen LogP contribution in [0.25, 0.3) is 11.0 Å². The number of aromatic nitrogens is 2. The van der Waals surface area contributed by atoms with E-state index >= 15 is 0 Å². The summed E-state index contributed by atoms with van der Waals surface area (Å²) >= 11 is 7.08. The standard InChI is InChI=1S/C13H12ClN3O2S2/c1-8-11(14)6-12(20-8)21(18,19)17-7-9-2-4-15-13-10(9)3-5-16-13/h2-6,17H,7H2,1H3,(H,15,16). The van der Waals surface area contributed by atoms with E-state index in [4.69, 9.17) is 11.6 Å². The smallest absolute Gasteiger partial charge is 0.250 e. The van der Waals surface area contributed by atoms with Gasteiger partial charge in [0.1, 0.15) is 9.86 Å².